The lowest BCUT2D eigenvalue weighted by Gasteiger charge is -2.37. The van der Waals surface area contributed by atoms with Crippen LogP contribution >= 0.6 is 0 Å². The number of benzene rings is 1. The third-order valence-corrected chi connectivity index (χ3v) is 6.72. The first-order valence-corrected chi connectivity index (χ1v) is 11.7. The van der Waals surface area contributed by atoms with E-state index in [1.165, 1.54) is 0 Å². The van der Waals surface area contributed by atoms with Crippen LogP contribution < -0.4 is 14.2 Å². The van der Waals surface area contributed by atoms with Gasteiger partial charge in [0.1, 0.15) is 12.1 Å². The number of hydrogen-bond acceptors (Lipinski definition) is 8. The number of methoxy groups -OCH3 is 2. The number of aromatic nitrogens is 5. The molecule has 1 atom stereocenters. The van der Waals surface area contributed by atoms with Gasteiger partial charge in [0.25, 0.3) is 0 Å². The first kappa shape index (κ1) is 22.2. The number of carbonyl (C=O) groups is 1. The number of hydrogen-bond donors (Lipinski definition) is 0. The molecule has 9 heteroatoms. The zero-order valence-corrected chi connectivity index (χ0v) is 20.5. The van der Waals surface area contributed by atoms with Crippen LogP contribution in [0.25, 0.3) is 17.0 Å². The Morgan fingerprint density at radius 1 is 1.11 bits per heavy atom. The number of Topliss-reactive ketones (excluding diaryl/α,β-unsaturated/α-hetero) is 1. The van der Waals surface area contributed by atoms with Gasteiger partial charge in [0.05, 0.1) is 25.7 Å². The lowest BCUT2D eigenvalue weighted by molar-refractivity contribution is -0.118. The van der Waals surface area contributed by atoms with Crippen LogP contribution in [0.1, 0.15) is 43.7 Å². The van der Waals surface area contributed by atoms with E-state index in [0.717, 1.165) is 11.1 Å². The molecule has 36 heavy (non-hydrogen) atoms. The van der Waals surface area contributed by atoms with Gasteiger partial charge in [-0.1, -0.05) is 19.9 Å². The summed E-state index contributed by atoms with van der Waals surface area (Å²) in [6, 6.07) is 9.36. The molecule has 1 aliphatic carbocycles. The number of rotatable bonds is 4. The molecule has 0 fully saturated rings. The van der Waals surface area contributed by atoms with E-state index < -0.39 is 5.92 Å². The van der Waals surface area contributed by atoms with Crippen LogP contribution in [0, 0.1) is 5.41 Å². The summed E-state index contributed by atoms with van der Waals surface area (Å²) in [5, 5.41) is 4.67. The molecule has 9 nitrogen and oxygen atoms in total. The number of ether oxygens (including phenoxy) is 3. The van der Waals surface area contributed by atoms with Gasteiger partial charge >= 0.3 is 0 Å². The van der Waals surface area contributed by atoms with Crippen molar-refractivity contribution >= 4 is 11.4 Å². The quantitative estimate of drug-likeness (QED) is 0.422. The highest BCUT2D eigenvalue weighted by atomic mass is 16.5. The molecule has 182 valence electrons. The fraction of sp³-hybridized carbons (Fsp3) is 0.296. The Labute approximate surface area is 207 Å². The Morgan fingerprint density at radius 3 is 2.69 bits per heavy atom. The number of nitrogens with zero attached hydrogens (tertiary/aromatic N) is 5. The second kappa shape index (κ2) is 8.15. The lowest BCUT2D eigenvalue weighted by atomic mass is 9.70. The van der Waals surface area contributed by atoms with Crippen LogP contribution in [0.5, 0.6) is 17.4 Å². The highest BCUT2D eigenvalue weighted by molar-refractivity contribution is 6.00. The average molecular weight is 484 g/mol. The number of pyridine rings is 1. The summed E-state index contributed by atoms with van der Waals surface area (Å²) in [5.41, 5.74) is 3.38. The van der Waals surface area contributed by atoms with Crippen molar-refractivity contribution in [3.63, 3.8) is 0 Å². The SMILES string of the molecule is COc1ccc(-c2nc3c4c(ncn3n2)OC2=C(C(=O)CC(C)(C)C2)[C@H]4c2cccnc2)cc1OC. The molecule has 3 aromatic heterocycles. The summed E-state index contributed by atoms with van der Waals surface area (Å²) < 4.78 is 18.7. The predicted molar refractivity (Wildman–Crippen MR) is 131 cm³/mol. The van der Waals surface area contributed by atoms with E-state index >= 15 is 0 Å². The molecule has 0 radical (unpaired) electrons. The van der Waals surface area contributed by atoms with Crippen molar-refractivity contribution in [2.45, 2.75) is 32.6 Å². The molecule has 1 aliphatic heterocycles. The second-order valence-electron chi connectivity index (χ2n) is 9.84. The van der Waals surface area contributed by atoms with Gasteiger partial charge in [-0.25, -0.2) is 14.5 Å². The van der Waals surface area contributed by atoms with Gasteiger partial charge in [0.2, 0.25) is 5.88 Å². The maximum absolute atomic E-state index is 13.5. The second-order valence-corrected chi connectivity index (χ2v) is 9.84. The number of allylic oxidation sites excluding steroid dienone is 2. The zero-order chi connectivity index (χ0) is 25.0. The standard InChI is InChI=1S/C27H25N5O4/c1-27(2)11-17(33)22-20(12-27)36-26-23(21(22)16-6-5-9-28-13-16)25-30-24(31-32(25)14-29-26)15-7-8-18(34-3)19(10-15)35-4/h5-10,13-14,21H,11-12H2,1-4H3/t21-/m1/s1. The Hall–Kier alpha value is -4.27. The largest absolute Gasteiger partial charge is 0.493 e. The third kappa shape index (κ3) is 3.50. The molecule has 0 spiro atoms. The molecule has 0 saturated heterocycles. The van der Waals surface area contributed by atoms with Crippen molar-refractivity contribution in [3.8, 4) is 28.8 Å². The molecular weight excluding hydrogens is 458 g/mol. The van der Waals surface area contributed by atoms with Crippen molar-refractivity contribution < 1.29 is 19.0 Å². The van der Waals surface area contributed by atoms with Gasteiger partial charge in [-0.05, 0) is 35.2 Å². The number of carbonyl (C=O) groups excluding carboxylic acids is 1. The summed E-state index contributed by atoms with van der Waals surface area (Å²) in [5.74, 6) is 2.47. The van der Waals surface area contributed by atoms with E-state index in [0.29, 0.717) is 58.6 Å². The summed E-state index contributed by atoms with van der Waals surface area (Å²) in [6.07, 6.45) is 6.19. The summed E-state index contributed by atoms with van der Waals surface area (Å²) >= 11 is 0. The highest BCUT2D eigenvalue weighted by Gasteiger charge is 2.44. The maximum Gasteiger partial charge on any atom is 0.228 e. The Balaban J connectivity index is 1.56. The van der Waals surface area contributed by atoms with Gasteiger partial charge in [-0.2, -0.15) is 0 Å². The molecule has 0 N–H and O–H groups in total. The topological polar surface area (TPSA) is 101 Å². The molecule has 0 unspecified atom stereocenters. The Bertz CT molecular complexity index is 1540. The zero-order valence-electron chi connectivity index (χ0n) is 20.5. The van der Waals surface area contributed by atoms with Crippen molar-refractivity contribution in [2.75, 3.05) is 14.2 Å². The summed E-state index contributed by atoms with van der Waals surface area (Å²) in [4.78, 5) is 27.3. The Morgan fingerprint density at radius 2 is 1.94 bits per heavy atom. The van der Waals surface area contributed by atoms with E-state index in [2.05, 4.69) is 28.9 Å². The van der Waals surface area contributed by atoms with Crippen LogP contribution in [0.2, 0.25) is 0 Å². The van der Waals surface area contributed by atoms with Gasteiger partial charge in [0.15, 0.2) is 28.8 Å². The Kier molecular flexibility index (Phi) is 5.03. The monoisotopic (exact) mass is 483 g/mol. The van der Waals surface area contributed by atoms with Gasteiger partial charge in [-0.15, -0.1) is 5.10 Å². The predicted octanol–water partition coefficient (Wildman–Crippen LogP) is 4.37. The van der Waals surface area contributed by atoms with E-state index in [1.54, 1.807) is 37.5 Å². The number of fused-ring (bicyclic) bond motifs is 3. The van der Waals surface area contributed by atoms with E-state index in [4.69, 9.17) is 19.2 Å². The van der Waals surface area contributed by atoms with Crippen molar-refractivity contribution in [1.29, 1.82) is 0 Å². The van der Waals surface area contributed by atoms with Gasteiger partial charge in [-0.3, -0.25) is 9.78 Å². The van der Waals surface area contributed by atoms with E-state index in [-0.39, 0.29) is 11.2 Å². The summed E-state index contributed by atoms with van der Waals surface area (Å²) in [6.45, 7) is 4.16. The molecule has 0 bridgehead atoms. The minimum Gasteiger partial charge on any atom is -0.493 e. The van der Waals surface area contributed by atoms with E-state index in [9.17, 15) is 4.79 Å². The molecule has 6 rings (SSSR count). The fourth-order valence-corrected chi connectivity index (χ4v) is 5.12. The molecule has 1 aromatic carbocycles. The highest BCUT2D eigenvalue weighted by Crippen LogP contribution is 2.50. The molecule has 0 amide bonds. The van der Waals surface area contributed by atoms with Crippen LogP contribution in [0.4, 0.5) is 0 Å². The molecule has 2 aliphatic rings. The summed E-state index contributed by atoms with van der Waals surface area (Å²) in [7, 11) is 3.18. The van der Waals surface area contributed by atoms with Crippen LogP contribution in [-0.2, 0) is 4.79 Å². The van der Waals surface area contributed by atoms with Crippen molar-refractivity contribution in [3.05, 3.63) is 71.5 Å². The van der Waals surface area contributed by atoms with E-state index in [1.807, 2.05) is 30.3 Å². The third-order valence-electron chi connectivity index (χ3n) is 6.72. The minimum absolute atomic E-state index is 0.0717. The smallest absolute Gasteiger partial charge is 0.228 e. The first-order chi connectivity index (χ1) is 17.4. The van der Waals surface area contributed by atoms with Crippen LogP contribution in [-0.4, -0.2) is 44.6 Å². The van der Waals surface area contributed by atoms with Gasteiger partial charge in [0, 0.05) is 36.4 Å². The van der Waals surface area contributed by atoms with Gasteiger partial charge < -0.3 is 14.2 Å². The number of ketones is 1. The van der Waals surface area contributed by atoms with Crippen LogP contribution in [0.3, 0.4) is 0 Å². The normalized spacial score (nSPS) is 18.4. The first-order valence-electron chi connectivity index (χ1n) is 11.7. The molecule has 4 aromatic rings. The lowest BCUT2D eigenvalue weighted by Crippen LogP contribution is -2.33. The fourth-order valence-electron chi connectivity index (χ4n) is 5.12. The van der Waals surface area contributed by atoms with Crippen molar-refractivity contribution in [2.24, 2.45) is 5.41 Å². The molecular formula is C27H25N5O4. The molecule has 4 heterocycles. The van der Waals surface area contributed by atoms with Crippen molar-refractivity contribution in [1.82, 2.24) is 24.6 Å². The minimum atomic E-state index is -0.403. The average Bonchev–Trinajstić information content (AvgIpc) is 3.31. The maximum atomic E-state index is 13.5. The molecule has 0 saturated carbocycles. The van der Waals surface area contributed by atoms with Crippen LogP contribution in [0.15, 0.2) is 60.4 Å².